The van der Waals surface area contributed by atoms with Gasteiger partial charge in [-0.1, -0.05) is 36.4 Å². The number of methoxy groups -OCH3 is 1. The van der Waals surface area contributed by atoms with Gasteiger partial charge in [0.15, 0.2) is 5.96 Å². The molecule has 6 heteroatoms. The molecular formula is C21H29IN4O. The molecule has 0 bridgehead atoms. The first-order chi connectivity index (χ1) is 12.8. The summed E-state index contributed by atoms with van der Waals surface area (Å²) in [6, 6.07) is 18.7. The zero-order valence-corrected chi connectivity index (χ0v) is 18.4. The summed E-state index contributed by atoms with van der Waals surface area (Å²) >= 11 is 0. The van der Waals surface area contributed by atoms with Crippen LogP contribution in [0.15, 0.2) is 59.6 Å². The molecule has 146 valence electrons. The third-order valence-electron chi connectivity index (χ3n) is 4.83. The predicted octanol–water partition coefficient (Wildman–Crippen LogP) is 3.50. The van der Waals surface area contributed by atoms with E-state index in [9.17, 15) is 0 Å². The molecule has 2 aromatic carbocycles. The fourth-order valence-electron chi connectivity index (χ4n) is 3.36. The van der Waals surface area contributed by atoms with Gasteiger partial charge in [0.05, 0.1) is 7.11 Å². The minimum atomic E-state index is 0. The van der Waals surface area contributed by atoms with Gasteiger partial charge >= 0.3 is 0 Å². The molecule has 1 unspecified atom stereocenters. The molecule has 1 fully saturated rings. The molecule has 1 saturated heterocycles. The summed E-state index contributed by atoms with van der Waals surface area (Å²) in [5, 5.41) is 6.84. The molecule has 27 heavy (non-hydrogen) atoms. The Morgan fingerprint density at radius 3 is 2.59 bits per heavy atom. The number of nitrogens with one attached hydrogen (secondary N) is 2. The molecule has 1 aliphatic rings. The monoisotopic (exact) mass is 480 g/mol. The number of anilines is 1. The molecule has 0 radical (unpaired) electrons. The number of ether oxygens (including phenoxy) is 1. The number of guanidine groups is 1. The van der Waals surface area contributed by atoms with Crippen LogP contribution in [0.1, 0.15) is 12.0 Å². The van der Waals surface area contributed by atoms with Crippen molar-refractivity contribution < 1.29 is 4.74 Å². The highest BCUT2D eigenvalue weighted by atomic mass is 127. The molecule has 2 aromatic rings. The molecular weight excluding hydrogens is 451 g/mol. The van der Waals surface area contributed by atoms with Crippen molar-refractivity contribution in [2.75, 3.05) is 38.7 Å². The Labute approximate surface area is 179 Å². The Morgan fingerprint density at radius 2 is 1.85 bits per heavy atom. The Hall–Kier alpha value is -1.96. The molecule has 0 aliphatic carbocycles. The van der Waals surface area contributed by atoms with Gasteiger partial charge in [0.25, 0.3) is 0 Å². The highest BCUT2D eigenvalue weighted by Crippen LogP contribution is 2.23. The third-order valence-corrected chi connectivity index (χ3v) is 4.83. The lowest BCUT2D eigenvalue weighted by Gasteiger charge is -2.19. The van der Waals surface area contributed by atoms with Crippen LogP contribution >= 0.6 is 24.0 Å². The molecule has 5 nitrogen and oxygen atoms in total. The van der Waals surface area contributed by atoms with E-state index in [1.54, 1.807) is 7.11 Å². The smallest absolute Gasteiger partial charge is 0.191 e. The quantitative estimate of drug-likeness (QED) is 0.378. The Bertz CT molecular complexity index is 723. The van der Waals surface area contributed by atoms with Crippen LogP contribution in [0.25, 0.3) is 0 Å². The van der Waals surface area contributed by atoms with Gasteiger partial charge in [-0.3, -0.25) is 4.99 Å². The summed E-state index contributed by atoms with van der Waals surface area (Å²) < 4.78 is 5.40. The van der Waals surface area contributed by atoms with Crippen molar-refractivity contribution in [3.05, 3.63) is 60.2 Å². The number of benzene rings is 2. The molecule has 1 atom stereocenters. The van der Waals surface area contributed by atoms with E-state index in [-0.39, 0.29) is 24.0 Å². The maximum absolute atomic E-state index is 5.40. The van der Waals surface area contributed by atoms with Crippen molar-refractivity contribution in [3.63, 3.8) is 0 Å². The molecule has 2 N–H and O–H groups in total. The maximum Gasteiger partial charge on any atom is 0.191 e. The highest BCUT2D eigenvalue weighted by Gasteiger charge is 2.22. The van der Waals surface area contributed by atoms with Crippen molar-refractivity contribution in [1.29, 1.82) is 0 Å². The van der Waals surface area contributed by atoms with Crippen LogP contribution in [0.5, 0.6) is 5.75 Å². The summed E-state index contributed by atoms with van der Waals surface area (Å²) in [5.74, 6) is 2.35. The van der Waals surface area contributed by atoms with Crippen molar-refractivity contribution in [2.45, 2.75) is 13.0 Å². The second-order valence-corrected chi connectivity index (χ2v) is 6.55. The fraction of sp³-hybridized carbons (Fsp3) is 0.381. The van der Waals surface area contributed by atoms with Gasteiger partial charge in [-0.25, -0.2) is 0 Å². The molecule has 0 saturated carbocycles. The summed E-state index contributed by atoms with van der Waals surface area (Å²) in [5.41, 5.74) is 2.43. The first kappa shape index (κ1) is 21.3. The average Bonchev–Trinajstić information content (AvgIpc) is 3.18. The molecule has 0 aromatic heterocycles. The molecule has 0 spiro atoms. The predicted molar refractivity (Wildman–Crippen MR) is 123 cm³/mol. The lowest BCUT2D eigenvalue weighted by Crippen LogP contribution is -2.40. The number of halogens is 1. The lowest BCUT2D eigenvalue weighted by atomic mass is 10.1. The van der Waals surface area contributed by atoms with Crippen LogP contribution in [-0.4, -0.2) is 39.8 Å². The van der Waals surface area contributed by atoms with Crippen molar-refractivity contribution in [2.24, 2.45) is 10.9 Å². The normalized spacial score (nSPS) is 16.6. The Balaban J connectivity index is 0.00000261. The van der Waals surface area contributed by atoms with Crippen molar-refractivity contribution in [1.82, 2.24) is 10.6 Å². The fourth-order valence-corrected chi connectivity index (χ4v) is 3.36. The minimum Gasteiger partial charge on any atom is -0.496 e. The van der Waals surface area contributed by atoms with Gasteiger partial charge in [-0.15, -0.1) is 24.0 Å². The third kappa shape index (κ3) is 6.02. The van der Waals surface area contributed by atoms with Crippen molar-refractivity contribution in [3.8, 4) is 5.75 Å². The maximum atomic E-state index is 5.40. The van der Waals surface area contributed by atoms with Gasteiger partial charge < -0.3 is 20.3 Å². The van der Waals surface area contributed by atoms with E-state index in [0.29, 0.717) is 12.5 Å². The van der Waals surface area contributed by atoms with Gasteiger partial charge in [-0.05, 0) is 30.5 Å². The lowest BCUT2D eigenvalue weighted by molar-refractivity contribution is 0.409. The number of rotatable bonds is 6. The molecule has 0 amide bonds. The van der Waals surface area contributed by atoms with Crippen LogP contribution in [0, 0.1) is 5.92 Å². The van der Waals surface area contributed by atoms with Crippen molar-refractivity contribution >= 4 is 35.6 Å². The second-order valence-electron chi connectivity index (χ2n) is 6.55. The summed E-state index contributed by atoms with van der Waals surface area (Å²) in [7, 11) is 3.51. The van der Waals surface area contributed by atoms with E-state index in [1.165, 1.54) is 12.1 Å². The van der Waals surface area contributed by atoms with E-state index in [4.69, 9.17) is 4.74 Å². The zero-order valence-electron chi connectivity index (χ0n) is 16.0. The average molecular weight is 480 g/mol. The van der Waals surface area contributed by atoms with Crippen LogP contribution < -0.4 is 20.3 Å². The van der Waals surface area contributed by atoms with Gasteiger partial charge in [0, 0.05) is 44.5 Å². The van der Waals surface area contributed by atoms with Gasteiger partial charge in [0.1, 0.15) is 5.75 Å². The van der Waals surface area contributed by atoms with Crippen LogP contribution in [0.4, 0.5) is 5.69 Å². The number of nitrogens with zero attached hydrogens (tertiary/aromatic N) is 2. The molecule has 1 heterocycles. The number of hydrogen-bond acceptors (Lipinski definition) is 3. The Morgan fingerprint density at radius 1 is 1.11 bits per heavy atom. The summed E-state index contributed by atoms with van der Waals surface area (Å²) in [6.07, 6.45) is 1.20. The summed E-state index contributed by atoms with van der Waals surface area (Å²) in [6.45, 7) is 3.81. The van der Waals surface area contributed by atoms with Gasteiger partial charge in [-0.2, -0.15) is 0 Å². The first-order valence-corrected chi connectivity index (χ1v) is 9.16. The van der Waals surface area contributed by atoms with E-state index in [1.807, 2.05) is 25.2 Å². The van der Waals surface area contributed by atoms with E-state index < -0.39 is 0 Å². The van der Waals surface area contributed by atoms with E-state index in [0.717, 1.165) is 36.9 Å². The standard InChI is InChI=1S/C21H28N4O.HI/c1-22-21(24-15-18-8-6-7-11-20(18)26-2)23-14-17-12-13-25(16-17)19-9-4-3-5-10-19;/h3-11,17H,12-16H2,1-2H3,(H2,22,23,24);1H. The largest absolute Gasteiger partial charge is 0.496 e. The Kier molecular flexibility index (Phi) is 8.71. The van der Waals surface area contributed by atoms with Gasteiger partial charge in [0.2, 0.25) is 0 Å². The SMILES string of the molecule is CN=C(NCc1ccccc1OC)NCC1CCN(c2ccccc2)C1.I. The zero-order chi connectivity index (χ0) is 18.2. The van der Waals surface area contributed by atoms with E-state index >= 15 is 0 Å². The number of para-hydroxylation sites is 2. The van der Waals surface area contributed by atoms with Crippen LogP contribution in [0.2, 0.25) is 0 Å². The molecule has 3 rings (SSSR count). The first-order valence-electron chi connectivity index (χ1n) is 9.16. The minimum absolute atomic E-state index is 0. The summed E-state index contributed by atoms with van der Waals surface area (Å²) in [4.78, 5) is 6.79. The second kappa shape index (κ2) is 11.0. The van der Waals surface area contributed by atoms with E-state index in [2.05, 4.69) is 56.9 Å². The molecule has 1 aliphatic heterocycles. The topological polar surface area (TPSA) is 48.9 Å². The van der Waals surface area contributed by atoms with Crippen LogP contribution in [0.3, 0.4) is 0 Å². The van der Waals surface area contributed by atoms with Crippen LogP contribution in [-0.2, 0) is 6.54 Å². The highest BCUT2D eigenvalue weighted by molar-refractivity contribution is 14.0. The number of aliphatic imine (C=N–C) groups is 1. The number of hydrogen-bond donors (Lipinski definition) is 2.